The van der Waals surface area contributed by atoms with Crippen LogP contribution in [0, 0.1) is 0 Å². The number of Topliss-reactive ketones (excluding diaryl/α,β-unsaturated/α-hetero) is 1. The highest BCUT2D eigenvalue weighted by atomic mass is 79.9. The second-order valence-corrected chi connectivity index (χ2v) is 6.45. The molecular formula is C15H22BrClN2O3. The zero-order valence-electron chi connectivity index (χ0n) is 12.9. The van der Waals surface area contributed by atoms with E-state index in [0.717, 1.165) is 4.47 Å². The van der Waals surface area contributed by atoms with Crippen molar-refractivity contribution in [3.8, 4) is 5.75 Å². The van der Waals surface area contributed by atoms with Crippen molar-refractivity contribution in [3.63, 3.8) is 0 Å². The van der Waals surface area contributed by atoms with Gasteiger partial charge < -0.3 is 15.8 Å². The van der Waals surface area contributed by atoms with Crippen molar-refractivity contribution in [2.75, 3.05) is 13.7 Å². The Morgan fingerprint density at radius 3 is 2.50 bits per heavy atom. The summed E-state index contributed by atoms with van der Waals surface area (Å²) < 4.78 is 5.95. The molecule has 0 spiro atoms. The van der Waals surface area contributed by atoms with Crippen molar-refractivity contribution in [3.05, 3.63) is 28.2 Å². The highest BCUT2D eigenvalue weighted by Gasteiger charge is 2.16. The van der Waals surface area contributed by atoms with E-state index in [0.29, 0.717) is 17.9 Å². The maximum atomic E-state index is 12.2. The van der Waals surface area contributed by atoms with Crippen LogP contribution in [0.3, 0.4) is 0 Å². The monoisotopic (exact) mass is 392 g/mol. The summed E-state index contributed by atoms with van der Waals surface area (Å²) in [4.78, 5) is 23.9. The molecule has 0 bridgehead atoms. The topological polar surface area (TPSA) is 81.4 Å². The third-order valence-corrected chi connectivity index (χ3v) is 3.28. The fourth-order valence-electron chi connectivity index (χ4n) is 1.67. The van der Waals surface area contributed by atoms with E-state index < -0.39 is 5.54 Å². The van der Waals surface area contributed by atoms with Gasteiger partial charge in [0.25, 0.3) is 0 Å². The fourth-order valence-corrected chi connectivity index (χ4v) is 2.04. The van der Waals surface area contributed by atoms with Gasteiger partial charge in [-0.25, -0.2) is 0 Å². The van der Waals surface area contributed by atoms with Gasteiger partial charge in [0.1, 0.15) is 5.75 Å². The van der Waals surface area contributed by atoms with E-state index in [9.17, 15) is 9.59 Å². The van der Waals surface area contributed by atoms with Gasteiger partial charge in [-0.3, -0.25) is 9.59 Å². The molecule has 0 aliphatic carbocycles. The van der Waals surface area contributed by atoms with Crippen molar-refractivity contribution in [2.45, 2.75) is 32.2 Å². The van der Waals surface area contributed by atoms with Gasteiger partial charge >= 0.3 is 0 Å². The number of halogens is 2. The van der Waals surface area contributed by atoms with Gasteiger partial charge in [-0.05, 0) is 32.0 Å². The second-order valence-electron chi connectivity index (χ2n) is 5.53. The van der Waals surface area contributed by atoms with E-state index in [2.05, 4.69) is 21.2 Å². The van der Waals surface area contributed by atoms with Gasteiger partial charge in [-0.2, -0.15) is 0 Å². The molecule has 0 saturated carbocycles. The molecular weight excluding hydrogens is 372 g/mol. The van der Waals surface area contributed by atoms with Gasteiger partial charge in [0, 0.05) is 29.4 Å². The smallest absolute Gasteiger partial charge is 0.220 e. The number of benzene rings is 1. The number of nitrogens with one attached hydrogen (secondary N) is 1. The lowest BCUT2D eigenvalue weighted by Gasteiger charge is -2.18. The van der Waals surface area contributed by atoms with Crippen molar-refractivity contribution >= 4 is 40.0 Å². The summed E-state index contributed by atoms with van der Waals surface area (Å²) in [7, 11) is 1.51. The number of ether oxygens (including phenoxy) is 1. The summed E-state index contributed by atoms with van der Waals surface area (Å²) in [6.07, 6.45) is 0.258. The summed E-state index contributed by atoms with van der Waals surface area (Å²) >= 11 is 3.32. The molecule has 5 nitrogen and oxygen atoms in total. The lowest BCUT2D eigenvalue weighted by Crippen LogP contribution is -2.45. The van der Waals surface area contributed by atoms with Crippen LogP contribution in [0.4, 0.5) is 0 Å². The van der Waals surface area contributed by atoms with E-state index in [1.54, 1.807) is 18.2 Å². The Hall–Kier alpha value is -1.11. The van der Waals surface area contributed by atoms with Crippen LogP contribution in [0.15, 0.2) is 22.7 Å². The number of hydrogen-bond acceptors (Lipinski definition) is 4. The Bertz CT molecular complexity index is 530. The first-order chi connectivity index (χ1) is 9.73. The molecule has 0 saturated heterocycles. The first-order valence-corrected chi connectivity index (χ1v) is 7.44. The number of methoxy groups -OCH3 is 1. The summed E-state index contributed by atoms with van der Waals surface area (Å²) in [5.41, 5.74) is 5.79. The normalized spacial score (nSPS) is 10.6. The number of rotatable bonds is 7. The zero-order valence-corrected chi connectivity index (χ0v) is 15.3. The molecule has 0 aliphatic heterocycles. The highest BCUT2D eigenvalue weighted by Crippen LogP contribution is 2.24. The first kappa shape index (κ1) is 20.9. The molecule has 3 N–H and O–H groups in total. The SMILES string of the molecule is COc1ccc(Br)cc1C(=O)CCC(=O)NCC(C)(C)N.Cl. The Kier molecular flexibility index (Phi) is 8.66. The molecule has 22 heavy (non-hydrogen) atoms. The molecule has 1 aromatic carbocycles. The molecule has 124 valence electrons. The molecule has 7 heteroatoms. The summed E-state index contributed by atoms with van der Waals surface area (Å²) in [5, 5.41) is 2.71. The minimum atomic E-state index is -0.465. The minimum Gasteiger partial charge on any atom is -0.496 e. The molecule has 1 amide bonds. The lowest BCUT2D eigenvalue weighted by molar-refractivity contribution is -0.121. The third kappa shape index (κ3) is 7.24. The van der Waals surface area contributed by atoms with Crippen molar-refractivity contribution in [1.82, 2.24) is 5.32 Å². The van der Waals surface area contributed by atoms with Gasteiger partial charge in [0.15, 0.2) is 5.78 Å². The summed E-state index contributed by atoms with van der Waals surface area (Å²) in [6.45, 7) is 4.02. The number of amides is 1. The average Bonchev–Trinajstić information content (AvgIpc) is 2.41. The summed E-state index contributed by atoms with van der Waals surface area (Å²) in [6, 6.07) is 5.21. The summed E-state index contributed by atoms with van der Waals surface area (Å²) in [5.74, 6) is 0.192. The zero-order chi connectivity index (χ0) is 16.0. The van der Waals surface area contributed by atoms with Gasteiger partial charge in [-0.15, -0.1) is 12.4 Å². The van der Waals surface area contributed by atoms with Crippen molar-refractivity contribution < 1.29 is 14.3 Å². The Morgan fingerprint density at radius 2 is 1.95 bits per heavy atom. The van der Waals surface area contributed by atoms with Crippen LogP contribution >= 0.6 is 28.3 Å². The Labute approximate surface area is 145 Å². The van der Waals surface area contributed by atoms with E-state index in [4.69, 9.17) is 10.5 Å². The van der Waals surface area contributed by atoms with Crippen LogP contribution in [0.1, 0.15) is 37.0 Å². The molecule has 1 aromatic rings. The van der Waals surface area contributed by atoms with E-state index in [1.165, 1.54) is 7.11 Å². The number of hydrogen-bond donors (Lipinski definition) is 2. The van der Waals surface area contributed by atoms with Crippen LogP contribution in [0.5, 0.6) is 5.75 Å². The molecule has 0 radical (unpaired) electrons. The third-order valence-electron chi connectivity index (χ3n) is 2.78. The van der Waals surface area contributed by atoms with Crippen LogP contribution < -0.4 is 15.8 Å². The number of carbonyl (C=O) groups is 2. The minimum absolute atomic E-state index is 0. The molecule has 1 rings (SSSR count). The van der Waals surface area contributed by atoms with Crippen LogP contribution in [-0.2, 0) is 4.79 Å². The largest absolute Gasteiger partial charge is 0.496 e. The average molecular weight is 394 g/mol. The van der Waals surface area contributed by atoms with Gasteiger partial charge in [0.2, 0.25) is 5.91 Å². The quantitative estimate of drug-likeness (QED) is 0.698. The van der Waals surface area contributed by atoms with Crippen molar-refractivity contribution in [2.24, 2.45) is 5.73 Å². The van der Waals surface area contributed by atoms with Gasteiger partial charge in [0.05, 0.1) is 12.7 Å². The van der Waals surface area contributed by atoms with Crippen LogP contribution in [0.25, 0.3) is 0 Å². The Morgan fingerprint density at radius 1 is 1.32 bits per heavy atom. The number of ketones is 1. The van der Waals surface area contributed by atoms with Crippen LogP contribution in [0.2, 0.25) is 0 Å². The number of carbonyl (C=O) groups excluding carboxylic acids is 2. The van der Waals surface area contributed by atoms with E-state index in [1.807, 2.05) is 13.8 Å². The van der Waals surface area contributed by atoms with Crippen molar-refractivity contribution in [1.29, 1.82) is 0 Å². The standard InChI is InChI=1S/C15H21BrN2O3.ClH/c1-15(2,17)9-18-14(20)7-5-12(19)11-8-10(16)4-6-13(11)21-3;/h4,6,8H,5,7,9,17H2,1-3H3,(H,18,20);1H. The molecule has 0 unspecified atom stereocenters. The van der Waals surface area contributed by atoms with Crippen LogP contribution in [-0.4, -0.2) is 30.9 Å². The first-order valence-electron chi connectivity index (χ1n) is 6.65. The maximum Gasteiger partial charge on any atom is 0.220 e. The highest BCUT2D eigenvalue weighted by molar-refractivity contribution is 9.10. The fraction of sp³-hybridized carbons (Fsp3) is 0.467. The van der Waals surface area contributed by atoms with E-state index in [-0.39, 0.29) is 36.9 Å². The van der Waals surface area contributed by atoms with E-state index >= 15 is 0 Å². The predicted molar refractivity (Wildman–Crippen MR) is 92.8 cm³/mol. The molecule has 0 heterocycles. The second kappa shape index (κ2) is 9.12. The maximum absolute atomic E-state index is 12.2. The number of nitrogens with two attached hydrogens (primary N) is 1. The van der Waals surface area contributed by atoms with Gasteiger partial charge in [-0.1, -0.05) is 15.9 Å². The molecule has 0 fully saturated rings. The predicted octanol–water partition coefficient (Wildman–Crippen LogP) is 2.70. The lowest BCUT2D eigenvalue weighted by atomic mass is 10.0. The molecule has 0 atom stereocenters. The molecule has 0 aromatic heterocycles. The molecule has 0 aliphatic rings. The Balaban J connectivity index is 0.00000441.